The molecule has 1 aliphatic carbocycles. The Morgan fingerprint density at radius 3 is 2.46 bits per heavy atom. The zero-order valence-electron chi connectivity index (χ0n) is 20.6. The molecule has 0 bridgehead atoms. The van der Waals surface area contributed by atoms with Crippen LogP contribution in [0.25, 0.3) is 21.9 Å². The Labute approximate surface area is 207 Å². The van der Waals surface area contributed by atoms with Crippen LogP contribution >= 0.6 is 0 Å². The molecule has 1 N–H and O–H groups in total. The number of aliphatic hydroxyl groups is 1. The van der Waals surface area contributed by atoms with Gasteiger partial charge in [-0.25, -0.2) is 9.18 Å². The fourth-order valence-corrected chi connectivity index (χ4v) is 5.19. The second kappa shape index (κ2) is 11.6. The first kappa shape index (κ1) is 25.1. The van der Waals surface area contributed by atoms with E-state index in [4.69, 9.17) is 9.84 Å². The van der Waals surface area contributed by atoms with Crippen molar-refractivity contribution in [1.82, 2.24) is 0 Å². The average molecular weight is 475 g/mol. The number of fused-ring (bicyclic) bond motifs is 1. The van der Waals surface area contributed by atoms with Crippen molar-refractivity contribution in [2.24, 2.45) is 5.92 Å². The Balaban J connectivity index is 1.44. The van der Waals surface area contributed by atoms with Gasteiger partial charge in [-0.2, -0.15) is 0 Å². The lowest BCUT2D eigenvalue weighted by Gasteiger charge is -2.29. The first-order valence-corrected chi connectivity index (χ1v) is 12.8. The van der Waals surface area contributed by atoms with Crippen molar-refractivity contribution in [3.63, 3.8) is 0 Å². The van der Waals surface area contributed by atoms with Crippen molar-refractivity contribution in [1.29, 1.82) is 0 Å². The van der Waals surface area contributed by atoms with Crippen molar-refractivity contribution in [3.05, 3.63) is 78.1 Å². The lowest BCUT2D eigenvalue weighted by atomic mass is 9.77. The molecule has 3 aromatic rings. The topological polar surface area (TPSA) is 46.5 Å². The minimum absolute atomic E-state index is 0.000569. The van der Waals surface area contributed by atoms with Crippen LogP contribution in [-0.4, -0.2) is 17.7 Å². The Morgan fingerprint density at radius 1 is 1.00 bits per heavy atom. The van der Waals surface area contributed by atoms with Gasteiger partial charge >= 0.3 is 5.97 Å². The highest BCUT2D eigenvalue weighted by atomic mass is 19.1. The summed E-state index contributed by atoms with van der Waals surface area (Å²) >= 11 is 0. The number of esters is 1. The number of hydrogen-bond acceptors (Lipinski definition) is 3. The van der Waals surface area contributed by atoms with Crippen LogP contribution in [0, 0.1) is 11.7 Å². The summed E-state index contributed by atoms with van der Waals surface area (Å²) in [5.41, 5.74) is 2.53. The molecule has 0 amide bonds. The van der Waals surface area contributed by atoms with Crippen molar-refractivity contribution >= 4 is 16.7 Å². The molecule has 0 heterocycles. The van der Waals surface area contributed by atoms with Crippen LogP contribution < -0.4 is 4.74 Å². The number of carbonyl (C=O) groups is 1. The first-order chi connectivity index (χ1) is 17.0. The maximum absolute atomic E-state index is 15.2. The van der Waals surface area contributed by atoms with Crippen LogP contribution in [0.4, 0.5) is 4.39 Å². The second-order valence-electron chi connectivity index (χ2n) is 9.83. The summed E-state index contributed by atoms with van der Waals surface area (Å²) in [5, 5.41) is 10.8. The maximum Gasteiger partial charge on any atom is 0.341 e. The Hall–Kier alpha value is -2.98. The van der Waals surface area contributed by atoms with E-state index >= 15 is 4.39 Å². The van der Waals surface area contributed by atoms with Gasteiger partial charge in [0.15, 0.2) is 0 Å². The summed E-state index contributed by atoms with van der Waals surface area (Å²) in [6.07, 6.45) is 10.1. The van der Waals surface area contributed by atoms with E-state index in [0.29, 0.717) is 17.2 Å². The quantitative estimate of drug-likeness (QED) is 0.148. The SMILES string of the molecule is C=C(CO)C(=O)Oc1ccc2cc(-c3ccc(C4CCC(CCCCC)CC4)cc3F)ccc2c1. The van der Waals surface area contributed by atoms with E-state index in [0.717, 1.165) is 40.7 Å². The fourth-order valence-electron chi connectivity index (χ4n) is 5.19. The molecule has 35 heavy (non-hydrogen) atoms. The van der Waals surface area contributed by atoms with E-state index in [1.807, 2.05) is 30.3 Å². The third-order valence-corrected chi connectivity index (χ3v) is 7.34. The molecular weight excluding hydrogens is 439 g/mol. The van der Waals surface area contributed by atoms with Gasteiger partial charge in [-0.05, 0) is 83.7 Å². The maximum atomic E-state index is 15.2. The van der Waals surface area contributed by atoms with Crippen molar-refractivity contribution < 1.29 is 19.0 Å². The van der Waals surface area contributed by atoms with E-state index < -0.39 is 12.6 Å². The lowest BCUT2D eigenvalue weighted by molar-refractivity contribution is -0.130. The Kier molecular flexibility index (Phi) is 8.35. The minimum atomic E-state index is -0.657. The molecule has 4 heteroatoms. The molecule has 0 aliphatic heterocycles. The van der Waals surface area contributed by atoms with Gasteiger partial charge in [0.25, 0.3) is 0 Å². The number of carbonyl (C=O) groups excluding carboxylic acids is 1. The largest absolute Gasteiger partial charge is 0.423 e. The van der Waals surface area contributed by atoms with Crippen LogP contribution in [0.1, 0.15) is 69.8 Å². The molecule has 1 saturated carbocycles. The van der Waals surface area contributed by atoms with E-state index in [-0.39, 0.29) is 11.4 Å². The first-order valence-electron chi connectivity index (χ1n) is 12.8. The van der Waals surface area contributed by atoms with Gasteiger partial charge in [0.05, 0.1) is 12.2 Å². The van der Waals surface area contributed by atoms with Crippen molar-refractivity contribution in [2.45, 2.75) is 64.2 Å². The van der Waals surface area contributed by atoms with E-state index in [1.165, 1.54) is 38.5 Å². The molecule has 0 atom stereocenters. The van der Waals surface area contributed by atoms with Gasteiger partial charge in [0, 0.05) is 5.56 Å². The molecule has 1 fully saturated rings. The number of rotatable bonds is 9. The van der Waals surface area contributed by atoms with Crippen LogP contribution in [0.2, 0.25) is 0 Å². The Bertz CT molecular complexity index is 1190. The molecule has 1 aliphatic rings. The molecule has 0 aromatic heterocycles. The third kappa shape index (κ3) is 6.18. The van der Waals surface area contributed by atoms with E-state index in [1.54, 1.807) is 18.2 Å². The average Bonchev–Trinajstić information content (AvgIpc) is 2.88. The zero-order chi connectivity index (χ0) is 24.8. The summed E-state index contributed by atoms with van der Waals surface area (Å²) in [6.45, 7) is 5.28. The van der Waals surface area contributed by atoms with Crippen molar-refractivity contribution in [3.8, 4) is 16.9 Å². The van der Waals surface area contributed by atoms with Crippen molar-refractivity contribution in [2.75, 3.05) is 6.61 Å². The molecule has 0 saturated heterocycles. The number of halogens is 1. The van der Waals surface area contributed by atoms with E-state index in [2.05, 4.69) is 19.6 Å². The van der Waals surface area contributed by atoms with Gasteiger partial charge < -0.3 is 9.84 Å². The number of benzene rings is 3. The summed E-state index contributed by atoms with van der Waals surface area (Å²) in [4.78, 5) is 11.8. The van der Waals surface area contributed by atoms with Gasteiger partial charge in [0.2, 0.25) is 0 Å². The standard InChI is InChI=1S/C31H35FO3/c1-3-4-5-6-22-7-9-23(10-8-22)26-14-16-29(30(32)19-26)27-12-11-25-18-28(15-13-24(25)17-27)35-31(34)21(2)20-33/h11-19,22-23,33H,2-10,20H2,1H3. The molecule has 0 unspecified atom stereocenters. The summed E-state index contributed by atoms with van der Waals surface area (Å²) in [6, 6.07) is 16.8. The third-order valence-electron chi connectivity index (χ3n) is 7.34. The predicted molar refractivity (Wildman–Crippen MR) is 140 cm³/mol. The van der Waals surface area contributed by atoms with E-state index in [9.17, 15) is 4.79 Å². The molecule has 3 nitrogen and oxygen atoms in total. The molecule has 0 radical (unpaired) electrons. The number of unbranched alkanes of at least 4 members (excludes halogenated alkanes) is 2. The summed E-state index contributed by atoms with van der Waals surface area (Å²) in [5.74, 6) is 0.841. The minimum Gasteiger partial charge on any atom is -0.423 e. The highest BCUT2D eigenvalue weighted by Crippen LogP contribution is 2.39. The summed E-state index contributed by atoms with van der Waals surface area (Å²) in [7, 11) is 0. The Morgan fingerprint density at radius 2 is 1.74 bits per heavy atom. The highest BCUT2D eigenvalue weighted by molar-refractivity contribution is 5.92. The van der Waals surface area contributed by atoms with Crippen LogP contribution in [0.15, 0.2) is 66.7 Å². The normalized spacial score (nSPS) is 17.9. The van der Waals surface area contributed by atoms with Gasteiger partial charge in [-0.1, -0.05) is 69.5 Å². The highest BCUT2D eigenvalue weighted by Gasteiger charge is 2.23. The lowest BCUT2D eigenvalue weighted by Crippen LogP contribution is -2.13. The number of aliphatic hydroxyl groups excluding tert-OH is 1. The van der Waals surface area contributed by atoms with Gasteiger partial charge in [-0.3, -0.25) is 0 Å². The van der Waals surface area contributed by atoms with Crippen LogP contribution in [0.3, 0.4) is 0 Å². The molecular formula is C31H35FO3. The second-order valence-corrected chi connectivity index (χ2v) is 9.83. The smallest absolute Gasteiger partial charge is 0.341 e. The van der Waals surface area contributed by atoms with Crippen LogP contribution in [-0.2, 0) is 4.79 Å². The molecule has 184 valence electrons. The molecule has 4 rings (SSSR count). The number of ether oxygens (including phenoxy) is 1. The van der Waals surface area contributed by atoms with Gasteiger partial charge in [-0.15, -0.1) is 0 Å². The monoisotopic (exact) mass is 474 g/mol. The number of hydrogen-bond donors (Lipinski definition) is 1. The van der Waals surface area contributed by atoms with Crippen LogP contribution in [0.5, 0.6) is 5.75 Å². The zero-order valence-corrected chi connectivity index (χ0v) is 20.6. The predicted octanol–water partition coefficient (Wildman–Crippen LogP) is 7.95. The van der Waals surface area contributed by atoms with Gasteiger partial charge in [0.1, 0.15) is 11.6 Å². The molecule has 3 aromatic carbocycles. The molecule has 0 spiro atoms. The summed E-state index contributed by atoms with van der Waals surface area (Å²) < 4.78 is 20.5. The fraction of sp³-hybridized carbons (Fsp3) is 0.387.